The fourth-order valence-electron chi connectivity index (χ4n) is 2.56. The van der Waals surface area contributed by atoms with Crippen LogP contribution in [0.4, 0.5) is 11.4 Å². The van der Waals surface area contributed by atoms with Crippen LogP contribution in [0.1, 0.15) is 11.7 Å². The van der Waals surface area contributed by atoms with Gasteiger partial charge in [-0.2, -0.15) is 0 Å². The van der Waals surface area contributed by atoms with Crippen molar-refractivity contribution in [2.45, 2.75) is 6.17 Å². The molecule has 1 aliphatic heterocycles. The van der Waals surface area contributed by atoms with Crippen LogP contribution >= 0.6 is 0 Å². The van der Waals surface area contributed by atoms with Crippen LogP contribution in [0.5, 0.6) is 0 Å². The summed E-state index contributed by atoms with van der Waals surface area (Å²) in [7, 11) is 0. The van der Waals surface area contributed by atoms with Crippen LogP contribution in [-0.4, -0.2) is 18.0 Å². The van der Waals surface area contributed by atoms with Gasteiger partial charge in [-0.05, 0) is 17.7 Å². The van der Waals surface area contributed by atoms with Gasteiger partial charge in [0.15, 0.2) is 0 Å². The molecule has 0 aliphatic carbocycles. The van der Waals surface area contributed by atoms with Gasteiger partial charge in [0.25, 0.3) is 5.69 Å². The first kappa shape index (κ1) is 12.6. The molecule has 0 amide bonds. The van der Waals surface area contributed by atoms with Crippen LogP contribution in [0, 0.1) is 10.1 Å². The Balaban J connectivity index is 1.93. The lowest BCUT2D eigenvalue weighted by Crippen LogP contribution is -2.27. The minimum Gasteiger partial charge on any atom is -0.351 e. The predicted molar refractivity (Wildman–Crippen MR) is 77.6 cm³/mol. The minimum atomic E-state index is -0.356. The van der Waals surface area contributed by atoms with Crippen molar-refractivity contribution in [1.82, 2.24) is 5.32 Å². The number of non-ortho nitro benzene ring substituents is 1. The fraction of sp³-hybridized carbons (Fsp3) is 0.200. The highest BCUT2D eigenvalue weighted by Gasteiger charge is 2.26. The van der Waals surface area contributed by atoms with Crippen LogP contribution < -0.4 is 10.2 Å². The Morgan fingerprint density at radius 1 is 1.15 bits per heavy atom. The molecule has 5 nitrogen and oxygen atoms in total. The number of hydrogen-bond donors (Lipinski definition) is 1. The van der Waals surface area contributed by atoms with Gasteiger partial charge in [-0.15, -0.1) is 0 Å². The second-order valence-electron chi connectivity index (χ2n) is 4.74. The third-order valence-corrected chi connectivity index (χ3v) is 3.49. The number of benzene rings is 2. The van der Waals surface area contributed by atoms with E-state index < -0.39 is 0 Å². The summed E-state index contributed by atoms with van der Waals surface area (Å²) in [5.74, 6) is 0. The zero-order valence-corrected chi connectivity index (χ0v) is 10.9. The molecular formula is C15H15N3O2. The molecule has 2 aromatic rings. The second-order valence-corrected chi connectivity index (χ2v) is 4.74. The molecule has 1 fully saturated rings. The lowest BCUT2D eigenvalue weighted by atomic mass is 10.1. The Morgan fingerprint density at radius 2 is 1.95 bits per heavy atom. The van der Waals surface area contributed by atoms with E-state index in [1.54, 1.807) is 12.1 Å². The van der Waals surface area contributed by atoms with E-state index in [1.807, 2.05) is 24.3 Å². The molecule has 1 heterocycles. The van der Waals surface area contributed by atoms with Gasteiger partial charge < -0.3 is 4.90 Å². The molecule has 5 heteroatoms. The third kappa shape index (κ3) is 2.35. The lowest BCUT2D eigenvalue weighted by Gasteiger charge is -2.26. The zero-order valence-electron chi connectivity index (χ0n) is 10.9. The summed E-state index contributed by atoms with van der Waals surface area (Å²) in [5.41, 5.74) is 2.17. The first-order chi connectivity index (χ1) is 9.75. The van der Waals surface area contributed by atoms with Crippen molar-refractivity contribution in [2.75, 3.05) is 18.0 Å². The second kappa shape index (κ2) is 5.30. The van der Waals surface area contributed by atoms with Crippen molar-refractivity contribution in [2.24, 2.45) is 0 Å². The highest BCUT2D eigenvalue weighted by atomic mass is 16.6. The SMILES string of the molecule is O=[N+]([O-])c1cccc(C2NCCN2c2ccccc2)c1. The van der Waals surface area contributed by atoms with Crippen LogP contribution in [0.3, 0.4) is 0 Å². The molecule has 0 saturated carbocycles. The average Bonchev–Trinajstić information content (AvgIpc) is 2.98. The zero-order chi connectivity index (χ0) is 13.9. The van der Waals surface area contributed by atoms with Crippen molar-refractivity contribution in [3.63, 3.8) is 0 Å². The molecule has 0 spiro atoms. The third-order valence-electron chi connectivity index (χ3n) is 3.49. The highest BCUT2D eigenvalue weighted by molar-refractivity contribution is 5.50. The van der Waals surface area contributed by atoms with Crippen LogP contribution in [0.15, 0.2) is 54.6 Å². The number of hydrogen-bond acceptors (Lipinski definition) is 4. The number of rotatable bonds is 3. The molecule has 0 aromatic heterocycles. The van der Waals surface area contributed by atoms with Crippen molar-refractivity contribution in [1.29, 1.82) is 0 Å². The molecule has 3 rings (SSSR count). The molecular weight excluding hydrogens is 254 g/mol. The maximum absolute atomic E-state index is 10.9. The molecule has 20 heavy (non-hydrogen) atoms. The Bertz CT molecular complexity index is 616. The topological polar surface area (TPSA) is 58.4 Å². The Hall–Kier alpha value is -2.40. The van der Waals surface area contributed by atoms with E-state index in [9.17, 15) is 10.1 Å². The first-order valence-corrected chi connectivity index (χ1v) is 6.55. The van der Waals surface area contributed by atoms with Gasteiger partial charge in [-0.1, -0.05) is 30.3 Å². The number of para-hydroxylation sites is 1. The van der Waals surface area contributed by atoms with E-state index in [0.717, 1.165) is 24.3 Å². The van der Waals surface area contributed by atoms with Crippen molar-refractivity contribution in [3.8, 4) is 0 Å². The molecule has 0 bridgehead atoms. The Morgan fingerprint density at radius 3 is 2.70 bits per heavy atom. The van der Waals surface area contributed by atoms with Crippen LogP contribution in [0.25, 0.3) is 0 Å². The van der Waals surface area contributed by atoms with E-state index in [1.165, 1.54) is 6.07 Å². The van der Waals surface area contributed by atoms with Gasteiger partial charge in [0.05, 0.1) is 4.92 Å². The van der Waals surface area contributed by atoms with Gasteiger partial charge in [-0.3, -0.25) is 15.4 Å². The van der Waals surface area contributed by atoms with Crippen molar-refractivity contribution in [3.05, 3.63) is 70.3 Å². The Labute approximate surface area is 117 Å². The fourth-order valence-corrected chi connectivity index (χ4v) is 2.56. The molecule has 1 N–H and O–H groups in total. The van der Waals surface area contributed by atoms with Gasteiger partial charge in [-0.25, -0.2) is 0 Å². The van der Waals surface area contributed by atoms with E-state index >= 15 is 0 Å². The van der Waals surface area contributed by atoms with Crippen LogP contribution in [0.2, 0.25) is 0 Å². The standard InChI is InChI=1S/C15H15N3O2/c19-18(20)14-8-4-5-12(11-14)15-16-9-10-17(15)13-6-2-1-3-7-13/h1-8,11,15-16H,9-10H2. The number of anilines is 1. The van der Waals surface area contributed by atoms with Gasteiger partial charge >= 0.3 is 0 Å². The van der Waals surface area contributed by atoms with Crippen molar-refractivity contribution < 1.29 is 4.92 Å². The summed E-state index contributed by atoms with van der Waals surface area (Å²) >= 11 is 0. The number of nitro benzene ring substituents is 1. The number of nitro groups is 1. The molecule has 2 aromatic carbocycles. The maximum Gasteiger partial charge on any atom is 0.269 e. The molecule has 0 radical (unpaired) electrons. The normalized spacial score (nSPS) is 18.2. The molecule has 1 aliphatic rings. The minimum absolute atomic E-state index is 0.0164. The summed E-state index contributed by atoms with van der Waals surface area (Å²) < 4.78 is 0. The smallest absolute Gasteiger partial charge is 0.269 e. The predicted octanol–water partition coefficient (Wildman–Crippen LogP) is 2.70. The summed E-state index contributed by atoms with van der Waals surface area (Å²) in [6, 6.07) is 16.9. The maximum atomic E-state index is 10.9. The van der Waals surface area contributed by atoms with Crippen molar-refractivity contribution >= 4 is 11.4 Å². The quantitative estimate of drug-likeness (QED) is 0.687. The van der Waals surface area contributed by atoms with Gasteiger partial charge in [0.1, 0.15) is 6.17 Å². The van der Waals surface area contributed by atoms with E-state index in [-0.39, 0.29) is 16.8 Å². The summed E-state index contributed by atoms with van der Waals surface area (Å²) in [6.45, 7) is 1.75. The molecule has 102 valence electrons. The van der Waals surface area contributed by atoms with E-state index in [4.69, 9.17) is 0 Å². The number of nitrogens with one attached hydrogen (secondary N) is 1. The molecule has 1 atom stereocenters. The average molecular weight is 269 g/mol. The summed E-state index contributed by atoms with van der Waals surface area (Å²) in [5, 5.41) is 14.3. The monoisotopic (exact) mass is 269 g/mol. The first-order valence-electron chi connectivity index (χ1n) is 6.55. The van der Waals surface area contributed by atoms with Gasteiger partial charge in [0, 0.05) is 30.9 Å². The highest BCUT2D eigenvalue weighted by Crippen LogP contribution is 2.29. The number of nitrogens with zero attached hydrogens (tertiary/aromatic N) is 2. The molecule has 1 saturated heterocycles. The largest absolute Gasteiger partial charge is 0.351 e. The lowest BCUT2D eigenvalue weighted by molar-refractivity contribution is -0.384. The van der Waals surface area contributed by atoms with Gasteiger partial charge in [0.2, 0.25) is 0 Å². The molecule has 1 unspecified atom stereocenters. The van der Waals surface area contributed by atoms with Crippen LogP contribution in [-0.2, 0) is 0 Å². The van der Waals surface area contributed by atoms with E-state index in [0.29, 0.717) is 0 Å². The summed E-state index contributed by atoms with van der Waals surface area (Å²) in [4.78, 5) is 12.8. The summed E-state index contributed by atoms with van der Waals surface area (Å²) in [6.07, 6.45) is -0.0164. The Kier molecular flexibility index (Phi) is 3.35. The van der Waals surface area contributed by atoms with E-state index in [2.05, 4.69) is 22.3 Å².